The number of fused-ring (bicyclic) bond motifs is 2. The number of aliphatic hydroxyl groups is 1. The molecule has 1 atom stereocenters. The summed E-state index contributed by atoms with van der Waals surface area (Å²) in [4.78, 5) is 13.0. The van der Waals surface area contributed by atoms with Crippen LogP contribution in [0.4, 0.5) is 0 Å². The minimum Gasteiger partial charge on any atom is -0.512 e. The number of aliphatic hydroxyl groups excluding tert-OH is 1. The molecule has 1 N–H and O–H groups in total. The predicted octanol–water partition coefficient (Wildman–Crippen LogP) is 5.43. The lowest BCUT2D eigenvalue weighted by molar-refractivity contribution is -0.118. The van der Waals surface area contributed by atoms with Crippen molar-refractivity contribution in [3.8, 4) is 11.5 Å². The third-order valence-corrected chi connectivity index (χ3v) is 5.11. The van der Waals surface area contributed by atoms with Crippen LogP contribution < -0.4 is 4.74 Å². The van der Waals surface area contributed by atoms with E-state index in [1.54, 1.807) is 0 Å². The number of hydrogen-bond donors (Lipinski definition) is 1. The Bertz CT molecular complexity index is 905. The highest BCUT2D eigenvalue weighted by Crippen LogP contribution is 2.51. The van der Waals surface area contributed by atoms with E-state index >= 15 is 0 Å². The summed E-state index contributed by atoms with van der Waals surface area (Å²) in [5.74, 6) is 1.48. The van der Waals surface area contributed by atoms with Crippen LogP contribution in [-0.2, 0) is 4.79 Å². The smallest absolute Gasteiger partial charge is 0.163 e. The molecule has 0 aromatic heterocycles. The number of carbonyl (C=O) groups excluding carboxylic acids is 1. The van der Waals surface area contributed by atoms with Crippen molar-refractivity contribution in [2.45, 2.75) is 39.5 Å². The molecule has 0 saturated carbocycles. The Morgan fingerprint density at radius 1 is 1.04 bits per heavy atom. The number of carbonyl (C=O) groups is 1. The molecule has 2 aliphatic rings. The number of hydrogen-bond acceptors (Lipinski definition) is 3. The van der Waals surface area contributed by atoms with Gasteiger partial charge in [-0.25, -0.2) is 0 Å². The van der Waals surface area contributed by atoms with Crippen LogP contribution in [0.15, 0.2) is 53.8 Å². The number of aryl methyl sites for hydroxylation is 1. The first-order valence-corrected chi connectivity index (χ1v) is 8.68. The molecule has 25 heavy (non-hydrogen) atoms. The van der Waals surface area contributed by atoms with Gasteiger partial charge >= 0.3 is 0 Å². The van der Waals surface area contributed by atoms with Gasteiger partial charge < -0.3 is 9.84 Å². The molecule has 1 aliphatic heterocycles. The lowest BCUT2D eigenvalue weighted by Crippen LogP contribution is -2.29. The van der Waals surface area contributed by atoms with E-state index in [9.17, 15) is 9.90 Å². The molecule has 2 aromatic rings. The van der Waals surface area contributed by atoms with Crippen LogP contribution in [-0.4, -0.2) is 10.9 Å². The van der Waals surface area contributed by atoms with Crippen LogP contribution in [0.3, 0.4) is 0 Å². The first-order chi connectivity index (χ1) is 11.9. The van der Waals surface area contributed by atoms with E-state index in [-0.39, 0.29) is 22.9 Å². The van der Waals surface area contributed by atoms with Crippen LogP contribution in [0, 0.1) is 12.3 Å². The molecule has 3 heteroatoms. The lowest BCUT2D eigenvalue weighted by atomic mass is 9.70. The van der Waals surface area contributed by atoms with E-state index in [0.29, 0.717) is 18.4 Å². The Hall–Kier alpha value is -2.55. The number of benzene rings is 2. The molecule has 1 aliphatic carbocycles. The van der Waals surface area contributed by atoms with Gasteiger partial charge in [-0.05, 0) is 24.5 Å². The molecule has 1 heterocycles. The van der Waals surface area contributed by atoms with Crippen molar-refractivity contribution in [3.63, 3.8) is 0 Å². The van der Waals surface area contributed by atoms with Gasteiger partial charge in [0.25, 0.3) is 0 Å². The third kappa shape index (κ3) is 2.64. The van der Waals surface area contributed by atoms with Gasteiger partial charge in [-0.15, -0.1) is 0 Å². The Morgan fingerprint density at radius 2 is 1.76 bits per heavy atom. The van der Waals surface area contributed by atoms with Crippen LogP contribution in [0.25, 0.3) is 0 Å². The molecule has 0 spiro atoms. The van der Waals surface area contributed by atoms with E-state index < -0.39 is 0 Å². The minimum absolute atomic E-state index is 0.0305. The van der Waals surface area contributed by atoms with Gasteiger partial charge in [0.2, 0.25) is 0 Å². The second-order valence-corrected chi connectivity index (χ2v) is 7.92. The molecule has 128 valence electrons. The molecule has 0 unspecified atom stereocenters. The number of allylic oxidation sites excluding steroid dienone is 2. The normalized spacial score (nSPS) is 21.4. The zero-order valence-corrected chi connectivity index (χ0v) is 14.8. The Labute approximate surface area is 148 Å². The minimum atomic E-state index is -0.275. The summed E-state index contributed by atoms with van der Waals surface area (Å²) in [5.41, 5.74) is 3.32. The fourth-order valence-corrected chi connectivity index (χ4v) is 4.02. The first kappa shape index (κ1) is 15.9. The van der Waals surface area contributed by atoms with Crippen molar-refractivity contribution >= 4 is 5.78 Å². The molecule has 4 rings (SSSR count). The summed E-state index contributed by atoms with van der Waals surface area (Å²) in [6, 6.07) is 13.8. The number of rotatable bonds is 1. The molecular formula is C22H22O3. The van der Waals surface area contributed by atoms with Gasteiger partial charge in [-0.2, -0.15) is 0 Å². The zero-order valence-electron chi connectivity index (χ0n) is 14.8. The van der Waals surface area contributed by atoms with Gasteiger partial charge in [-0.3, -0.25) is 4.79 Å². The van der Waals surface area contributed by atoms with Crippen molar-refractivity contribution in [1.29, 1.82) is 0 Å². The molecule has 0 fully saturated rings. The van der Waals surface area contributed by atoms with Crippen LogP contribution >= 0.6 is 0 Å². The maximum Gasteiger partial charge on any atom is 0.163 e. The molecular weight excluding hydrogens is 312 g/mol. The monoisotopic (exact) mass is 334 g/mol. The summed E-state index contributed by atoms with van der Waals surface area (Å²) in [7, 11) is 0. The van der Waals surface area contributed by atoms with Crippen molar-refractivity contribution in [3.05, 3.63) is 70.5 Å². The third-order valence-electron chi connectivity index (χ3n) is 5.11. The van der Waals surface area contributed by atoms with E-state index in [4.69, 9.17) is 4.74 Å². The lowest BCUT2D eigenvalue weighted by Gasteiger charge is -2.35. The largest absolute Gasteiger partial charge is 0.512 e. The number of para-hydroxylation sites is 1. The predicted molar refractivity (Wildman–Crippen MR) is 97.2 cm³/mol. The van der Waals surface area contributed by atoms with Gasteiger partial charge in [0.05, 0.1) is 0 Å². The number of ketones is 1. The Balaban J connectivity index is 1.96. The first-order valence-electron chi connectivity index (χ1n) is 8.68. The van der Waals surface area contributed by atoms with Crippen LogP contribution in [0.1, 0.15) is 49.3 Å². The van der Waals surface area contributed by atoms with E-state index in [1.807, 2.05) is 57.2 Å². The summed E-state index contributed by atoms with van der Waals surface area (Å²) in [6.07, 6.45) is 0.974. The molecule has 0 saturated heterocycles. The van der Waals surface area contributed by atoms with Gasteiger partial charge in [-0.1, -0.05) is 49.7 Å². The molecule has 2 aromatic carbocycles. The van der Waals surface area contributed by atoms with E-state index in [1.165, 1.54) is 0 Å². The van der Waals surface area contributed by atoms with Gasteiger partial charge in [0.1, 0.15) is 17.3 Å². The fourth-order valence-electron chi connectivity index (χ4n) is 4.02. The quantitative estimate of drug-likeness (QED) is 0.756. The highest BCUT2D eigenvalue weighted by atomic mass is 16.5. The fraction of sp³-hybridized carbons (Fsp3) is 0.318. The SMILES string of the molecule is Cc1ccc2c(c1)[C@@H](C1=C(O)CC(C)(C)CC1=O)c1ccccc1O2. The maximum atomic E-state index is 13.0. The second kappa shape index (κ2) is 5.48. The highest BCUT2D eigenvalue weighted by molar-refractivity contribution is 5.99. The number of ether oxygens (including phenoxy) is 1. The van der Waals surface area contributed by atoms with Gasteiger partial charge in [0.15, 0.2) is 5.78 Å². The maximum absolute atomic E-state index is 13.0. The van der Waals surface area contributed by atoms with E-state index in [2.05, 4.69) is 6.07 Å². The summed E-state index contributed by atoms with van der Waals surface area (Å²) >= 11 is 0. The average molecular weight is 334 g/mol. The molecule has 0 amide bonds. The standard InChI is InChI=1S/C22H22O3/c1-13-8-9-19-15(10-13)20(14-6-4-5-7-18(14)25-19)21-16(23)11-22(2,3)12-17(21)24/h4-10,20,23H,11-12H2,1-3H3/t20-/m0/s1. The van der Waals surface area contributed by atoms with Crippen molar-refractivity contribution in [1.82, 2.24) is 0 Å². The zero-order chi connectivity index (χ0) is 17.8. The Morgan fingerprint density at radius 3 is 2.52 bits per heavy atom. The highest BCUT2D eigenvalue weighted by Gasteiger charge is 2.40. The molecule has 0 bridgehead atoms. The van der Waals surface area contributed by atoms with Crippen LogP contribution in [0.2, 0.25) is 0 Å². The van der Waals surface area contributed by atoms with Crippen molar-refractivity contribution in [2.24, 2.45) is 5.41 Å². The summed E-state index contributed by atoms with van der Waals surface area (Å²) in [5, 5.41) is 10.8. The average Bonchev–Trinajstić information content (AvgIpc) is 2.53. The Kier molecular flexibility index (Phi) is 3.50. The van der Waals surface area contributed by atoms with Gasteiger partial charge in [0, 0.05) is 35.5 Å². The topological polar surface area (TPSA) is 46.5 Å². The summed E-state index contributed by atoms with van der Waals surface area (Å²) < 4.78 is 6.05. The molecule has 0 radical (unpaired) electrons. The molecule has 3 nitrogen and oxygen atoms in total. The second-order valence-electron chi connectivity index (χ2n) is 7.92. The van der Waals surface area contributed by atoms with Crippen molar-refractivity contribution < 1.29 is 14.6 Å². The van der Waals surface area contributed by atoms with Crippen LogP contribution in [0.5, 0.6) is 11.5 Å². The van der Waals surface area contributed by atoms with E-state index in [0.717, 1.165) is 28.2 Å². The summed E-state index contributed by atoms with van der Waals surface area (Å²) in [6.45, 7) is 6.07. The number of Topliss-reactive ketones (excluding diaryl/α,β-unsaturated/α-hetero) is 1. The van der Waals surface area contributed by atoms with Crippen molar-refractivity contribution in [2.75, 3.05) is 0 Å².